The number of ether oxygens (including phenoxy) is 3. The first-order valence-corrected chi connectivity index (χ1v) is 5.84. The van der Waals surface area contributed by atoms with E-state index in [1.807, 2.05) is 0 Å². The van der Waals surface area contributed by atoms with Gasteiger partial charge in [0.15, 0.2) is 11.5 Å². The number of carbonyl (C=O) groups is 1. The zero-order chi connectivity index (χ0) is 14.3. The van der Waals surface area contributed by atoms with E-state index in [4.69, 9.17) is 9.47 Å². The Hall–Kier alpha value is -1.85. The molecule has 4 nitrogen and oxygen atoms in total. The van der Waals surface area contributed by atoms with Crippen LogP contribution in [0.4, 0.5) is 8.78 Å². The number of hydrogen-bond acceptors (Lipinski definition) is 4. The third-order valence-electron chi connectivity index (χ3n) is 2.37. The molecule has 0 N–H and O–H groups in total. The molecule has 0 bridgehead atoms. The molecule has 1 aromatic carbocycles. The largest absolute Gasteiger partial charge is 0.493 e. The second kappa shape index (κ2) is 7.56. The van der Waals surface area contributed by atoms with E-state index in [1.54, 1.807) is 19.1 Å². The van der Waals surface area contributed by atoms with Gasteiger partial charge in [0.2, 0.25) is 0 Å². The van der Waals surface area contributed by atoms with Crippen LogP contribution in [0.3, 0.4) is 0 Å². The summed E-state index contributed by atoms with van der Waals surface area (Å²) >= 11 is 0. The van der Waals surface area contributed by atoms with Gasteiger partial charge in [-0.25, -0.2) is 0 Å². The molecular formula is C13H16F2O4. The van der Waals surface area contributed by atoms with Gasteiger partial charge >= 0.3 is 12.6 Å². The van der Waals surface area contributed by atoms with Gasteiger partial charge in [-0.15, -0.1) is 0 Å². The molecule has 0 radical (unpaired) electrons. The van der Waals surface area contributed by atoms with Crippen LogP contribution < -0.4 is 9.47 Å². The fourth-order valence-electron chi connectivity index (χ4n) is 1.54. The van der Waals surface area contributed by atoms with Crippen molar-refractivity contribution in [1.29, 1.82) is 0 Å². The lowest BCUT2D eigenvalue weighted by Crippen LogP contribution is -2.06. The standard InChI is InChI=1S/C13H16F2O4/c1-3-18-12(16)7-5-9-4-6-10(19-13(14)15)11(8-9)17-2/h4,6,8,13H,3,5,7H2,1-2H3. The molecule has 0 atom stereocenters. The summed E-state index contributed by atoms with van der Waals surface area (Å²) in [7, 11) is 1.36. The molecule has 1 rings (SSSR count). The molecule has 0 saturated carbocycles. The third-order valence-corrected chi connectivity index (χ3v) is 2.37. The van der Waals surface area contributed by atoms with Crippen molar-refractivity contribution in [1.82, 2.24) is 0 Å². The molecule has 0 aromatic heterocycles. The Balaban J connectivity index is 2.68. The summed E-state index contributed by atoms with van der Waals surface area (Å²) in [5.74, 6) is -0.117. The Morgan fingerprint density at radius 2 is 2.05 bits per heavy atom. The maximum Gasteiger partial charge on any atom is 0.387 e. The topological polar surface area (TPSA) is 44.8 Å². The monoisotopic (exact) mass is 274 g/mol. The van der Waals surface area contributed by atoms with Crippen molar-refractivity contribution in [3.8, 4) is 11.5 Å². The second-order valence-electron chi connectivity index (χ2n) is 3.67. The van der Waals surface area contributed by atoms with Gasteiger partial charge in [0.05, 0.1) is 13.7 Å². The predicted octanol–water partition coefficient (Wildman–Crippen LogP) is 2.79. The van der Waals surface area contributed by atoms with Gasteiger partial charge in [-0.1, -0.05) is 6.07 Å². The number of rotatable bonds is 7. The van der Waals surface area contributed by atoms with Crippen LogP contribution in [-0.4, -0.2) is 26.3 Å². The Morgan fingerprint density at radius 1 is 1.32 bits per heavy atom. The lowest BCUT2D eigenvalue weighted by molar-refractivity contribution is -0.143. The van der Waals surface area contributed by atoms with E-state index in [9.17, 15) is 13.6 Å². The molecule has 0 fully saturated rings. The van der Waals surface area contributed by atoms with Gasteiger partial charge in [0, 0.05) is 6.42 Å². The fraction of sp³-hybridized carbons (Fsp3) is 0.462. The van der Waals surface area contributed by atoms with E-state index >= 15 is 0 Å². The number of methoxy groups -OCH3 is 1. The maximum atomic E-state index is 12.1. The first-order valence-electron chi connectivity index (χ1n) is 5.84. The highest BCUT2D eigenvalue weighted by Gasteiger charge is 2.11. The number of esters is 1. The average Bonchev–Trinajstić information content (AvgIpc) is 2.37. The molecule has 0 saturated heterocycles. The Bertz CT molecular complexity index is 421. The number of benzene rings is 1. The molecule has 0 amide bonds. The molecule has 106 valence electrons. The molecular weight excluding hydrogens is 258 g/mol. The van der Waals surface area contributed by atoms with Crippen LogP contribution in [0.25, 0.3) is 0 Å². The summed E-state index contributed by atoms with van der Waals surface area (Å²) in [4.78, 5) is 11.2. The number of aryl methyl sites for hydroxylation is 1. The fourth-order valence-corrected chi connectivity index (χ4v) is 1.54. The maximum absolute atomic E-state index is 12.1. The summed E-state index contributed by atoms with van der Waals surface area (Å²) < 4.78 is 38.3. The number of halogens is 2. The molecule has 0 aliphatic rings. The third kappa shape index (κ3) is 5.11. The van der Waals surface area contributed by atoms with E-state index in [2.05, 4.69) is 4.74 Å². The molecule has 1 aromatic rings. The van der Waals surface area contributed by atoms with Crippen LogP contribution in [0.15, 0.2) is 18.2 Å². The second-order valence-corrected chi connectivity index (χ2v) is 3.67. The van der Waals surface area contributed by atoms with Crippen LogP contribution in [0.1, 0.15) is 18.9 Å². The van der Waals surface area contributed by atoms with Gasteiger partial charge in [0.1, 0.15) is 0 Å². The minimum absolute atomic E-state index is 0.0302. The summed E-state index contributed by atoms with van der Waals surface area (Å²) in [5.41, 5.74) is 0.784. The smallest absolute Gasteiger partial charge is 0.387 e. The number of carbonyl (C=O) groups excluding carboxylic acids is 1. The van der Waals surface area contributed by atoms with Crippen molar-refractivity contribution < 1.29 is 27.8 Å². The highest BCUT2D eigenvalue weighted by Crippen LogP contribution is 2.29. The van der Waals surface area contributed by atoms with Crippen molar-refractivity contribution in [2.45, 2.75) is 26.4 Å². The lowest BCUT2D eigenvalue weighted by atomic mass is 10.1. The van der Waals surface area contributed by atoms with Crippen molar-refractivity contribution in [3.63, 3.8) is 0 Å². The molecule has 0 spiro atoms. The van der Waals surface area contributed by atoms with Crippen molar-refractivity contribution in [2.24, 2.45) is 0 Å². The van der Waals surface area contributed by atoms with Crippen LogP contribution in [0.2, 0.25) is 0 Å². The highest BCUT2D eigenvalue weighted by atomic mass is 19.3. The SMILES string of the molecule is CCOC(=O)CCc1ccc(OC(F)F)c(OC)c1. The van der Waals surface area contributed by atoms with E-state index in [1.165, 1.54) is 13.2 Å². The van der Waals surface area contributed by atoms with Gasteiger partial charge in [0.25, 0.3) is 0 Å². The molecule has 0 aliphatic carbocycles. The number of alkyl halides is 2. The first-order chi connectivity index (χ1) is 9.06. The Morgan fingerprint density at radius 3 is 2.63 bits per heavy atom. The summed E-state index contributed by atoms with van der Waals surface area (Å²) in [6, 6.07) is 4.57. The van der Waals surface area contributed by atoms with E-state index < -0.39 is 6.61 Å². The summed E-state index contributed by atoms with van der Waals surface area (Å²) in [6.07, 6.45) is 0.677. The van der Waals surface area contributed by atoms with Crippen LogP contribution in [0, 0.1) is 0 Å². The molecule has 6 heteroatoms. The van der Waals surface area contributed by atoms with Crippen molar-refractivity contribution in [2.75, 3.05) is 13.7 Å². The van der Waals surface area contributed by atoms with Crippen LogP contribution >= 0.6 is 0 Å². The van der Waals surface area contributed by atoms with Crippen LogP contribution in [0.5, 0.6) is 11.5 Å². The molecule has 0 aliphatic heterocycles. The zero-order valence-corrected chi connectivity index (χ0v) is 10.8. The normalized spacial score (nSPS) is 10.4. The Labute approximate surface area is 110 Å². The summed E-state index contributed by atoms with van der Waals surface area (Å²) in [5, 5.41) is 0. The van der Waals surface area contributed by atoms with Gasteiger partial charge < -0.3 is 14.2 Å². The zero-order valence-electron chi connectivity index (χ0n) is 10.8. The van der Waals surface area contributed by atoms with Gasteiger partial charge in [-0.05, 0) is 31.0 Å². The van der Waals surface area contributed by atoms with Gasteiger partial charge in [-0.3, -0.25) is 4.79 Å². The minimum Gasteiger partial charge on any atom is -0.493 e. The first kappa shape index (κ1) is 15.2. The minimum atomic E-state index is -2.90. The molecule has 0 unspecified atom stereocenters. The predicted molar refractivity (Wildman–Crippen MR) is 64.6 cm³/mol. The van der Waals surface area contributed by atoms with Crippen molar-refractivity contribution >= 4 is 5.97 Å². The molecule has 19 heavy (non-hydrogen) atoms. The lowest BCUT2D eigenvalue weighted by Gasteiger charge is -2.11. The highest BCUT2D eigenvalue weighted by molar-refractivity contribution is 5.69. The van der Waals surface area contributed by atoms with E-state index in [0.717, 1.165) is 5.56 Å². The average molecular weight is 274 g/mol. The quantitative estimate of drug-likeness (QED) is 0.717. The van der Waals surface area contributed by atoms with Gasteiger partial charge in [-0.2, -0.15) is 8.78 Å². The molecule has 0 heterocycles. The van der Waals surface area contributed by atoms with Crippen LogP contribution in [-0.2, 0) is 16.0 Å². The van der Waals surface area contributed by atoms with E-state index in [-0.39, 0.29) is 23.9 Å². The summed E-state index contributed by atoms with van der Waals surface area (Å²) in [6.45, 7) is -0.833. The van der Waals surface area contributed by atoms with E-state index in [0.29, 0.717) is 13.0 Å². The number of hydrogen-bond donors (Lipinski definition) is 0. The Kier molecular flexibility index (Phi) is 6.05. The van der Waals surface area contributed by atoms with Crippen molar-refractivity contribution in [3.05, 3.63) is 23.8 Å².